The van der Waals surface area contributed by atoms with Crippen LogP contribution in [0.25, 0.3) is 0 Å². The third kappa shape index (κ3) is 5.80. The van der Waals surface area contributed by atoms with Gasteiger partial charge in [-0.15, -0.1) is 0 Å². The zero-order valence-electron chi connectivity index (χ0n) is 9.60. The summed E-state index contributed by atoms with van der Waals surface area (Å²) in [6.45, 7) is 6.49. The minimum atomic E-state index is -0.267. The standard InChI is InChI=1S/C12H19NOS/c1-12(2,3)15-9-11(14)8-10-4-6-13-7-5-10/h4-7,11,14H,8-9H2,1-3H3. The predicted octanol–water partition coefficient (Wildman–Crippen LogP) is 2.52. The molecule has 0 aliphatic heterocycles. The molecule has 0 aliphatic carbocycles. The van der Waals surface area contributed by atoms with Crippen molar-refractivity contribution >= 4 is 11.8 Å². The number of nitrogens with zero attached hydrogens (tertiary/aromatic N) is 1. The summed E-state index contributed by atoms with van der Waals surface area (Å²) < 4.78 is 0.221. The van der Waals surface area contributed by atoms with Crippen LogP contribution in [0, 0.1) is 0 Å². The van der Waals surface area contributed by atoms with Crippen LogP contribution in [-0.2, 0) is 6.42 Å². The molecule has 1 unspecified atom stereocenters. The molecule has 84 valence electrons. The van der Waals surface area contributed by atoms with Gasteiger partial charge in [0.1, 0.15) is 0 Å². The molecule has 3 heteroatoms. The van der Waals surface area contributed by atoms with Crippen molar-refractivity contribution in [2.45, 2.75) is 38.0 Å². The maximum atomic E-state index is 9.82. The fourth-order valence-electron chi connectivity index (χ4n) is 1.20. The van der Waals surface area contributed by atoms with Gasteiger partial charge in [-0.1, -0.05) is 20.8 Å². The SMILES string of the molecule is CC(C)(C)SCC(O)Cc1ccncc1. The zero-order valence-corrected chi connectivity index (χ0v) is 10.4. The summed E-state index contributed by atoms with van der Waals surface area (Å²) in [5.74, 6) is 0.784. The van der Waals surface area contributed by atoms with E-state index in [1.165, 1.54) is 0 Å². The summed E-state index contributed by atoms with van der Waals surface area (Å²) in [6, 6.07) is 3.90. The van der Waals surface area contributed by atoms with Crippen molar-refractivity contribution in [3.05, 3.63) is 30.1 Å². The molecule has 0 aliphatic rings. The molecule has 1 aromatic rings. The highest BCUT2D eigenvalue weighted by atomic mass is 32.2. The third-order valence-corrected chi connectivity index (χ3v) is 3.35. The van der Waals surface area contributed by atoms with Crippen LogP contribution in [0.3, 0.4) is 0 Å². The van der Waals surface area contributed by atoms with Gasteiger partial charge in [0.05, 0.1) is 6.10 Å². The average molecular weight is 225 g/mol. The van der Waals surface area contributed by atoms with Gasteiger partial charge in [-0.3, -0.25) is 4.98 Å². The van der Waals surface area contributed by atoms with Crippen molar-refractivity contribution in [3.8, 4) is 0 Å². The lowest BCUT2D eigenvalue weighted by Crippen LogP contribution is -2.18. The van der Waals surface area contributed by atoms with E-state index in [2.05, 4.69) is 25.8 Å². The molecular formula is C12H19NOS. The first-order valence-corrected chi connectivity index (χ1v) is 6.17. The van der Waals surface area contributed by atoms with E-state index in [0.717, 1.165) is 11.3 Å². The molecule has 0 amide bonds. The Labute approximate surface area is 96.1 Å². The summed E-state index contributed by atoms with van der Waals surface area (Å²) in [4.78, 5) is 3.95. The lowest BCUT2D eigenvalue weighted by Gasteiger charge is -2.20. The second-order valence-electron chi connectivity index (χ2n) is 4.64. The van der Waals surface area contributed by atoms with Gasteiger partial charge in [0.2, 0.25) is 0 Å². The van der Waals surface area contributed by atoms with E-state index in [4.69, 9.17) is 0 Å². The van der Waals surface area contributed by atoms with Crippen molar-refractivity contribution in [2.75, 3.05) is 5.75 Å². The Morgan fingerprint density at radius 2 is 1.93 bits per heavy atom. The predicted molar refractivity (Wildman–Crippen MR) is 66.2 cm³/mol. The Balaban J connectivity index is 2.34. The molecular weight excluding hydrogens is 206 g/mol. The van der Waals surface area contributed by atoms with Gasteiger partial charge in [0.25, 0.3) is 0 Å². The quantitative estimate of drug-likeness (QED) is 0.854. The zero-order chi connectivity index (χ0) is 11.3. The summed E-state index contributed by atoms with van der Waals surface area (Å²) in [6.07, 6.45) is 3.97. The largest absolute Gasteiger partial charge is 0.392 e. The normalized spacial score (nSPS) is 13.9. The molecule has 0 aromatic carbocycles. The Morgan fingerprint density at radius 1 is 1.33 bits per heavy atom. The van der Waals surface area contributed by atoms with E-state index < -0.39 is 0 Å². The monoisotopic (exact) mass is 225 g/mol. The molecule has 2 nitrogen and oxygen atoms in total. The van der Waals surface area contributed by atoms with Crippen LogP contribution in [-0.4, -0.2) is 26.7 Å². The molecule has 1 rings (SSSR count). The molecule has 0 saturated carbocycles. The third-order valence-electron chi connectivity index (χ3n) is 1.93. The molecule has 15 heavy (non-hydrogen) atoms. The van der Waals surface area contributed by atoms with E-state index in [1.54, 1.807) is 24.2 Å². The number of aliphatic hydroxyl groups excluding tert-OH is 1. The highest BCUT2D eigenvalue weighted by Crippen LogP contribution is 2.24. The second kappa shape index (κ2) is 5.52. The van der Waals surface area contributed by atoms with Gasteiger partial charge < -0.3 is 5.11 Å². The highest BCUT2D eigenvalue weighted by molar-refractivity contribution is 8.00. The fourth-order valence-corrected chi connectivity index (χ4v) is 2.01. The number of rotatable bonds is 4. The molecule has 1 atom stereocenters. The van der Waals surface area contributed by atoms with Crippen LogP contribution < -0.4 is 0 Å². The van der Waals surface area contributed by atoms with Crippen molar-refractivity contribution in [3.63, 3.8) is 0 Å². The maximum absolute atomic E-state index is 9.82. The summed E-state index contributed by atoms with van der Waals surface area (Å²) in [5, 5.41) is 9.82. The Kier molecular flexibility index (Phi) is 4.61. The molecule has 1 aromatic heterocycles. The number of aliphatic hydroxyl groups is 1. The minimum absolute atomic E-state index is 0.221. The first-order valence-electron chi connectivity index (χ1n) is 5.18. The first kappa shape index (κ1) is 12.5. The van der Waals surface area contributed by atoms with Gasteiger partial charge >= 0.3 is 0 Å². The van der Waals surface area contributed by atoms with Crippen molar-refractivity contribution in [2.24, 2.45) is 0 Å². The number of thioether (sulfide) groups is 1. The van der Waals surface area contributed by atoms with Gasteiger partial charge in [-0.2, -0.15) is 11.8 Å². The molecule has 0 bridgehead atoms. The smallest absolute Gasteiger partial charge is 0.0671 e. The molecule has 0 saturated heterocycles. The summed E-state index contributed by atoms with van der Waals surface area (Å²) in [5.41, 5.74) is 1.15. The lowest BCUT2D eigenvalue weighted by atomic mass is 10.1. The van der Waals surface area contributed by atoms with Crippen LogP contribution >= 0.6 is 11.8 Å². The molecule has 0 radical (unpaired) electrons. The van der Waals surface area contributed by atoms with Crippen LogP contribution in [0.2, 0.25) is 0 Å². The summed E-state index contributed by atoms with van der Waals surface area (Å²) in [7, 11) is 0. The van der Waals surface area contributed by atoms with E-state index in [-0.39, 0.29) is 10.9 Å². The molecule has 1 N–H and O–H groups in total. The van der Waals surface area contributed by atoms with Crippen molar-refractivity contribution in [1.82, 2.24) is 4.98 Å². The van der Waals surface area contributed by atoms with Gasteiger partial charge in [-0.25, -0.2) is 0 Å². The Morgan fingerprint density at radius 3 is 2.47 bits per heavy atom. The van der Waals surface area contributed by atoms with E-state index in [9.17, 15) is 5.11 Å². The number of aromatic nitrogens is 1. The Bertz CT molecular complexity index is 281. The lowest BCUT2D eigenvalue weighted by molar-refractivity contribution is 0.200. The first-order chi connectivity index (χ1) is 6.97. The minimum Gasteiger partial charge on any atom is -0.392 e. The molecule has 1 heterocycles. The van der Waals surface area contributed by atoms with Crippen LogP contribution in [0.15, 0.2) is 24.5 Å². The van der Waals surface area contributed by atoms with E-state index >= 15 is 0 Å². The Hall–Kier alpha value is -0.540. The second-order valence-corrected chi connectivity index (χ2v) is 6.48. The fraction of sp³-hybridized carbons (Fsp3) is 0.583. The van der Waals surface area contributed by atoms with Crippen molar-refractivity contribution in [1.29, 1.82) is 0 Å². The highest BCUT2D eigenvalue weighted by Gasteiger charge is 2.14. The maximum Gasteiger partial charge on any atom is 0.0671 e. The van der Waals surface area contributed by atoms with E-state index in [0.29, 0.717) is 6.42 Å². The summed E-state index contributed by atoms with van der Waals surface area (Å²) >= 11 is 1.80. The topological polar surface area (TPSA) is 33.1 Å². The van der Waals surface area contributed by atoms with Crippen LogP contribution in [0.1, 0.15) is 26.3 Å². The van der Waals surface area contributed by atoms with E-state index in [1.807, 2.05) is 12.1 Å². The van der Waals surface area contributed by atoms with Crippen LogP contribution in [0.4, 0.5) is 0 Å². The molecule has 0 fully saturated rings. The van der Waals surface area contributed by atoms with Gasteiger partial charge in [0, 0.05) is 22.9 Å². The van der Waals surface area contributed by atoms with Gasteiger partial charge in [0.15, 0.2) is 0 Å². The van der Waals surface area contributed by atoms with Crippen LogP contribution in [0.5, 0.6) is 0 Å². The number of hydrogen-bond donors (Lipinski definition) is 1. The number of pyridine rings is 1. The number of hydrogen-bond acceptors (Lipinski definition) is 3. The average Bonchev–Trinajstić information content (AvgIpc) is 2.15. The van der Waals surface area contributed by atoms with Gasteiger partial charge in [-0.05, 0) is 24.1 Å². The molecule has 0 spiro atoms. The van der Waals surface area contributed by atoms with Crippen molar-refractivity contribution < 1.29 is 5.11 Å².